The molecule has 3 heteroatoms. The lowest BCUT2D eigenvalue weighted by atomic mass is 10.2. The Labute approximate surface area is 96.8 Å². The molecule has 0 aliphatic rings. The Balaban J connectivity index is 2.51. The minimum absolute atomic E-state index is 0.0239. The van der Waals surface area contributed by atoms with Gasteiger partial charge in [0.15, 0.2) is 0 Å². The Bertz CT molecular complexity index is 330. The monoisotopic (exact) mass is 221 g/mol. The van der Waals surface area contributed by atoms with Gasteiger partial charge in [0.2, 0.25) is 5.91 Å². The number of hydrogen-bond donors (Lipinski definition) is 1. The Hall–Kier alpha value is -1.51. The lowest BCUT2D eigenvalue weighted by Crippen LogP contribution is -2.09. The lowest BCUT2D eigenvalue weighted by molar-refractivity contribution is -0.115. The maximum absolute atomic E-state index is 11.1. The number of benzene rings is 1. The number of hydrogen-bond acceptors (Lipinski definition) is 2. The van der Waals surface area contributed by atoms with Crippen LogP contribution in [0.25, 0.3) is 0 Å². The van der Waals surface area contributed by atoms with E-state index in [4.69, 9.17) is 4.74 Å². The molecular weight excluding hydrogens is 202 g/mol. The van der Waals surface area contributed by atoms with E-state index in [0.29, 0.717) is 18.9 Å². The van der Waals surface area contributed by atoms with E-state index >= 15 is 0 Å². The van der Waals surface area contributed by atoms with Crippen LogP contribution in [0.15, 0.2) is 24.3 Å². The van der Waals surface area contributed by atoms with Crippen molar-refractivity contribution in [2.24, 2.45) is 5.92 Å². The summed E-state index contributed by atoms with van der Waals surface area (Å²) in [4.78, 5) is 11.1. The van der Waals surface area contributed by atoms with Crippen molar-refractivity contribution < 1.29 is 9.53 Å². The Morgan fingerprint density at radius 3 is 2.44 bits per heavy atom. The summed E-state index contributed by atoms with van der Waals surface area (Å²) in [5.74, 6) is 1.37. The highest BCUT2D eigenvalue weighted by Crippen LogP contribution is 2.16. The largest absolute Gasteiger partial charge is 0.493 e. The number of rotatable bonds is 5. The van der Waals surface area contributed by atoms with Crippen molar-refractivity contribution in [1.29, 1.82) is 0 Å². The summed E-state index contributed by atoms with van der Waals surface area (Å²) in [7, 11) is 0. The normalized spacial score (nSPS) is 10.2. The van der Waals surface area contributed by atoms with E-state index in [1.54, 1.807) is 0 Å². The predicted molar refractivity (Wildman–Crippen MR) is 65.7 cm³/mol. The molecule has 1 N–H and O–H groups in total. The highest BCUT2D eigenvalue weighted by molar-refractivity contribution is 5.90. The number of anilines is 1. The summed E-state index contributed by atoms with van der Waals surface area (Å²) in [6.45, 7) is 6.75. The zero-order valence-corrected chi connectivity index (χ0v) is 10.1. The Morgan fingerprint density at radius 1 is 1.31 bits per heavy atom. The molecule has 0 aliphatic carbocycles. The van der Waals surface area contributed by atoms with Gasteiger partial charge < -0.3 is 10.1 Å². The van der Waals surface area contributed by atoms with Crippen LogP contribution in [0.4, 0.5) is 5.69 Å². The average molecular weight is 221 g/mol. The van der Waals surface area contributed by atoms with Gasteiger partial charge in [-0.2, -0.15) is 0 Å². The summed E-state index contributed by atoms with van der Waals surface area (Å²) in [6.07, 6.45) is 0.492. The third kappa shape index (κ3) is 4.34. The van der Waals surface area contributed by atoms with Crippen molar-refractivity contribution in [3.63, 3.8) is 0 Å². The molecule has 88 valence electrons. The first-order valence-corrected chi connectivity index (χ1v) is 5.64. The van der Waals surface area contributed by atoms with Gasteiger partial charge in [0, 0.05) is 12.1 Å². The summed E-state index contributed by atoms with van der Waals surface area (Å²) >= 11 is 0. The fourth-order valence-corrected chi connectivity index (χ4v) is 1.15. The maximum Gasteiger partial charge on any atom is 0.224 e. The summed E-state index contributed by atoms with van der Waals surface area (Å²) in [5, 5.41) is 2.79. The molecule has 0 spiro atoms. The van der Waals surface area contributed by atoms with Crippen LogP contribution in [0, 0.1) is 5.92 Å². The van der Waals surface area contributed by atoms with E-state index in [0.717, 1.165) is 11.4 Å². The first-order valence-electron chi connectivity index (χ1n) is 5.64. The zero-order valence-electron chi connectivity index (χ0n) is 10.1. The van der Waals surface area contributed by atoms with Crippen molar-refractivity contribution >= 4 is 11.6 Å². The molecule has 0 heterocycles. The molecule has 0 aromatic heterocycles. The summed E-state index contributed by atoms with van der Waals surface area (Å²) in [6, 6.07) is 7.44. The minimum atomic E-state index is 0.0239. The molecule has 1 rings (SSSR count). The molecular formula is C13H19NO2. The molecule has 0 aliphatic heterocycles. The fraction of sp³-hybridized carbons (Fsp3) is 0.462. The van der Waals surface area contributed by atoms with E-state index in [1.165, 1.54) is 0 Å². The molecule has 0 atom stereocenters. The van der Waals surface area contributed by atoms with Gasteiger partial charge in [0.1, 0.15) is 5.75 Å². The lowest BCUT2D eigenvalue weighted by Gasteiger charge is -2.09. The molecule has 1 aromatic rings. The zero-order chi connectivity index (χ0) is 12.0. The van der Waals surface area contributed by atoms with Crippen LogP contribution in [0.3, 0.4) is 0 Å². The fourth-order valence-electron chi connectivity index (χ4n) is 1.15. The molecule has 3 nitrogen and oxygen atoms in total. The SMILES string of the molecule is CCC(=O)Nc1ccc(OCC(C)C)cc1. The third-order valence-corrected chi connectivity index (χ3v) is 2.04. The van der Waals surface area contributed by atoms with Crippen molar-refractivity contribution in [2.45, 2.75) is 27.2 Å². The average Bonchev–Trinajstić information content (AvgIpc) is 2.28. The second-order valence-electron chi connectivity index (χ2n) is 4.13. The standard InChI is InChI=1S/C13H19NO2/c1-4-13(15)14-11-5-7-12(8-6-11)16-9-10(2)3/h5-8,10H,4,9H2,1-3H3,(H,14,15). The number of carbonyl (C=O) groups excluding carboxylic acids is 1. The van der Waals surface area contributed by atoms with Gasteiger partial charge in [-0.3, -0.25) is 4.79 Å². The Kier molecular flexibility index (Phi) is 4.83. The van der Waals surface area contributed by atoms with Gasteiger partial charge in [-0.25, -0.2) is 0 Å². The first-order chi connectivity index (χ1) is 7.61. The van der Waals surface area contributed by atoms with Gasteiger partial charge in [-0.1, -0.05) is 20.8 Å². The van der Waals surface area contributed by atoms with E-state index in [-0.39, 0.29) is 5.91 Å². The smallest absolute Gasteiger partial charge is 0.224 e. The third-order valence-electron chi connectivity index (χ3n) is 2.04. The molecule has 0 saturated carbocycles. The van der Waals surface area contributed by atoms with Crippen LogP contribution >= 0.6 is 0 Å². The van der Waals surface area contributed by atoms with Crippen LogP contribution in [0.2, 0.25) is 0 Å². The van der Waals surface area contributed by atoms with Crippen LogP contribution < -0.4 is 10.1 Å². The second-order valence-corrected chi connectivity index (χ2v) is 4.13. The molecule has 1 amide bonds. The van der Waals surface area contributed by atoms with Gasteiger partial charge >= 0.3 is 0 Å². The number of amides is 1. The number of carbonyl (C=O) groups is 1. The maximum atomic E-state index is 11.1. The van der Waals surface area contributed by atoms with Crippen molar-refractivity contribution in [3.8, 4) is 5.75 Å². The van der Waals surface area contributed by atoms with E-state index in [2.05, 4.69) is 19.2 Å². The molecule has 1 aromatic carbocycles. The number of ether oxygens (including phenoxy) is 1. The topological polar surface area (TPSA) is 38.3 Å². The van der Waals surface area contributed by atoms with Gasteiger partial charge in [-0.05, 0) is 30.2 Å². The van der Waals surface area contributed by atoms with Crippen LogP contribution in [-0.2, 0) is 4.79 Å². The Morgan fingerprint density at radius 2 is 1.94 bits per heavy atom. The van der Waals surface area contributed by atoms with E-state index in [1.807, 2.05) is 31.2 Å². The van der Waals surface area contributed by atoms with E-state index < -0.39 is 0 Å². The van der Waals surface area contributed by atoms with E-state index in [9.17, 15) is 4.79 Å². The van der Waals surface area contributed by atoms with Crippen LogP contribution in [-0.4, -0.2) is 12.5 Å². The number of nitrogens with one attached hydrogen (secondary N) is 1. The molecule has 16 heavy (non-hydrogen) atoms. The minimum Gasteiger partial charge on any atom is -0.493 e. The molecule has 0 fully saturated rings. The quantitative estimate of drug-likeness (QED) is 0.829. The molecule has 0 unspecified atom stereocenters. The summed E-state index contributed by atoms with van der Waals surface area (Å²) < 4.78 is 5.54. The van der Waals surface area contributed by atoms with Gasteiger partial charge in [0.25, 0.3) is 0 Å². The highest BCUT2D eigenvalue weighted by Gasteiger charge is 2.00. The van der Waals surface area contributed by atoms with Gasteiger partial charge in [-0.15, -0.1) is 0 Å². The first kappa shape index (κ1) is 12.6. The summed E-state index contributed by atoms with van der Waals surface area (Å²) in [5.41, 5.74) is 0.809. The highest BCUT2D eigenvalue weighted by atomic mass is 16.5. The van der Waals surface area contributed by atoms with Gasteiger partial charge in [0.05, 0.1) is 6.61 Å². The second kappa shape index (κ2) is 6.16. The van der Waals surface area contributed by atoms with Crippen molar-refractivity contribution in [3.05, 3.63) is 24.3 Å². The van der Waals surface area contributed by atoms with Crippen molar-refractivity contribution in [1.82, 2.24) is 0 Å². The predicted octanol–water partition coefficient (Wildman–Crippen LogP) is 3.07. The van der Waals surface area contributed by atoms with Crippen molar-refractivity contribution in [2.75, 3.05) is 11.9 Å². The molecule has 0 radical (unpaired) electrons. The molecule has 0 saturated heterocycles. The molecule has 0 bridgehead atoms. The van der Waals surface area contributed by atoms with Crippen LogP contribution in [0.5, 0.6) is 5.75 Å². The van der Waals surface area contributed by atoms with Crippen LogP contribution in [0.1, 0.15) is 27.2 Å².